The summed E-state index contributed by atoms with van der Waals surface area (Å²) in [6, 6.07) is 4.79. The Bertz CT molecular complexity index is 545. The molecule has 1 aliphatic rings. The van der Waals surface area contributed by atoms with Crippen LogP contribution >= 0.6 is 35.0 Å². The van der Waals surface area contributed by atoms with Crippen molar-refractivity contribution in [1.29, 1.82) is 0 Å². The van der Waals surface area contributed by atoms with E-state index in [-0.39, 0.29) is 10.8 Å². The fraction of sp³-hybridized carbons (Fsp3) is 0.462. The van der Waals surface area contributed by atoms with Crippen molar-refractivity contribution in [2.24, 2.45) is 5.16 Å². The molecule has 116 valence electrons. The molecule has 2 rings (SSSR count). The normalized spacial score (nSPS) is 21.3. The first-order chi connectivity index (χ1) is 9.92. The number of hydrogen-bond donors (Lipinski definition) is 0. The topological polar surface area (TPSA) is 30.8 Å². The van der Waals surface area contributed by atoms with Crippen LogP contribution in [-0.4, -0.2) is 23.1 Å². The summed E-state index contributed by atoms with van der Waals surface area (Å²) in [5.74, 6) is 0.880. The number of hydrogen-bond acceptors (Lipinski definition) is 4. The van der Waals surface area contributed by atoms with Crippen molar-refractivity contribution in [3.63, 3.8) is 0 Å². The van der Waals surface area contributed by atoms with Gasteiger partial charge in [-0.3, -0.25) is 0 Å². The number of rotatable bonds is 5. The Balaban J connectivity index is 1.95. The van der Waals surface area contributed by atoms with Gasteiger partial charge in [0.15, 0.2) is 5.60 Å². The van der Waals surface area contributed by atoms with Crippen LogP contribution in [0.1, 0.15) is 18.9 Å². The summed E-state index contributed by atoms with van der Waals surface area (Å²) >= 11 is 13.1. The summed E-state index contributed by atoms with van der Waals surface area (Å²) in [4.78, 5) is 5.28. The van der Waals surface area contributed by atoms with Crippen LogP contribution in [0.15, 0.2) is 23.4 Å². The highest BCUT2D eigenvalue weighted by atomic mass is 35.5. The van der Waals surface area contributed by atoms with E-state index >= 15 is 0 Å². The van der Waals surface area contributed by atoms with E-state index in [1.165, 1.54) is 23.9 Å². The maximum absolute atomic E-state index is 12.3. The lowest BCUT2D eigenvalue weighted by atomic mass is 10.1. The SMILES string of the molecule is CC1(CCl)CC(SCc2ccc(Cl)c(OC(F)F)c2)=NO1. The Labute approximate surface area is 135 Å². The van der Waals surface area contributed by atoms with Gasteiger partial charge < -0.3 is 9.57 Å². The molecular weight excluding hydrogens is 343 g/mol. The van der Waals surface area contributed by atoms with Gasteiger partial charge in [-0.2, -0.15) is 8.78 Å². The Morgan fingerprint density at radius 3 is 2.90 bits per heavy atom. The molecule has 8 heteroatoms. The molecule has 1 aromatic carbocycles. The summed E-state index contributed by atoms with van der Waals surface area (Å²) in [5, 5.41) is 4.96. The summed E-state index contributed by atoms with van der Waals surface area (Å²) in [6.45, 7) is -1.02. The number of alkyl halides is 3. The van der Waals surface area contributed by atoms with Gasteiger partial charge in [0, 0.05) is 12.2 Å². The van der Waals surface area contributed by atoms with Gasteiger partial charge in [0.25, 0.3) is 0 Å². The standard InChI is InChI=1S/C13H13Cl2F2NO2S/c1-13(7-14)5-11(18-20-13)21-6-8-2-3-9(15)10(4-8)19-12(16)17/h2-4,12H,5-7H2,1H3. The number of ether oxygens (including phenoxy) is 1. The predicted octanol–water partition coefficient (Wildman–Crippen LogP) is 4.91. The van der Waals surface area contributed by atoms with E-state index in [0.29, 0.717) is 18.1 Å². The van der Waals surface area contributed by atoms with E-state index in [1.807, 2.05) is 6.92 Å². The molecule has 0 fully saturated rings. The minimum Gasteiger partial charge on any atom is -0.433 e. The average molecular weight is 356 g/mol. The van der Waals surface area contributed by atoms with Crippen molar-refractivity contribution >= 4 is 40.0 Å². The number of nitrogens with zero attached hydrogens (tertiary/aromatic N) is 1. The lowest BCUT2D eigenvalue weighted by molar-refractivity contribution is -0.0498. The zero-order chi connectivity index (χ0) is 15.5. The molecule has 3 nitrogen and oxygen atoms in total. The zero-order valence-corrected chi connectivity index (χ0v) is 13.4. The monoisotopic (exact) mass is 355 g/mol. The van der Waals surface area contributed by atoms with Crippen molar-refractivity contribution in [3.8, 4) is 5.75 Å². The molecule has 0 spiro atoms. The summed E-state index contributed by atoms with van der Waals surface area (Å²) < 4.78 is 28.9. The highest BCUT2D eigenvalue weighted by Gasteiger charge is 2.33. The fourth-order valence-electron chi connectivity index (χ4n) is 1.69. The van der Waals surface area contributed by atoms with E-state index in [1.54, 1.807) is 6.07 Å². The van der Waals surface area contributed by atoms with Crippen LogP contribution in [0, 0.1) is 0 Å². The van der Waals surface area contributed by atoms with Gasteiger partial charge in [-0.15, -0.1) is 23.4 Å². The van der Waals surface area contributed by atoms with Crippen LogP contribution < -0.4 is 4.74 Å². The minimum absolute atomic E-state index is 0.0278. The molecule has 1 heterocycles. The molecule has 1 atom stereocenters. The second kappa shape index (κ2) is 7.03. The van der Waals surface area contributed by atoms with Gasteiger partial charge in [-0.25, -0.2) is 0 Å². The summed E-state index contributed by atoms with van der Waals surface area (Å²) in [6.07, 6.45) is 0.634. The molecule has 0 N–H and O–H groups in total. The first kappa shape index (κ1) is 16.6. The Morgan fingerprint density at radius 1 is 1.52 bits per heavy atom. The van der Waals surface area contributed by atoms with Gasteiger partial charge in [-0.1, -0.05) is 22.8 Å². The Hall–Kier alpha value is -0.720. The summed E-state index contributed by atoms with van der Waals surface area (Å²) in [5.41, 5.74) is 0.343. The lowest BCUT2D eigenvalue weighted by Crippen LogP contribution is -2.26. The Morgan fingerprint density at radius 2 is 2.29 bits per heavy atom. The smallest absolute Gasteiger partial charge is 0.387 e. The molecule has 1 aliphatic heterocycles. The molecule has 0 saturated heterocycles. The van der Waals surface area contributed by atoms with Crippen LogP contribution in [0.2, 0.25) is 5.02 Å². The van der Waals surface area contributed by atoms with Crippen molar-refractivity contribution in [3.05, 3.63) is 28.8 Å². The average Bonchev–Trinajstić information content (AvgIpc) is 2.82. The van der Waals surface area contributed by atoms with Crippen molar-refractivity contribution in [1.82, 2.24) is 0 Å². The van der Waals surface area contributed by atoms with Crippen molar-refractivity contribution in [2.75, 3.05) is 5.88 Å². The molecule has 0 radical (unpaired) electrons. The van der Waals surface area contributed by atoms with Gasteiger partial charge in [0.1, 0.15) is 10.8 Å². The molecule has 0 bridgehead atoms. The van der Waals surface area contributed by atoms with E-state index in [4.69, 9.17) is 28.0 Å². The second-order valence-corrected chi connectivity index (χ2v) is 6.49. The first-order valence-electron chi connectivity index (χ1n) is 6.09. The molecule has 0 aromatic heterocycles. The third kappa shape index (κ3) is 4.63. The zero-order valence-electron chi connectivity index (χ0n) is 11.1. The van der Waals surface area contributed by atoms with E-state index in [0.717, 1.165) is 10.6 Å². The number of benzene rings is 1. The third-order valence-electron chi connectivity index (χ3n) is 2.79. The predicted molar refractivity (Wildman–Crippen MR) is 81.6 cm³/mol. The van der Waals surface area contributed by atoms with Gasteiger partial charge in [0.05, 0.1) is 10.9 Å². The maximum Gasteiger partial charge on any atom is 0.387 e. The molecule has 1 aromatic rings. The lowest BCUT2D eigenvalue weighted by Gasteiger charge is -2.16. The highest BCUT2D eigenvalue weighted by Crippen LogP contribution is 2.32. The van der Waals surface area contributed by atoms with E-state index < -0.39 is 12.2 Å². The van der Waals surface area contributed by atoms with E-state index in [9.17, 15) is 8.78 Å². The van der Waals surface area contributed by atoms with Crippen LogP contribution in [-0.2, 0) is 10.6 Å². The molecular formula is C13H13Cl2F2NO2S. The van der Waals surface area contributed by atoms with Crippen molar-refractivity contribution in [2.45, 2.75) is 31.3 Å². The second-order valence-electron chi connectivity index (χ2n) is 4.77. The van der Waals surface area contributed by atoms with Crippen LogP contribution in [0.25, 0.3) is 0 Å². The molecule has 21 heavy (non-hydrogen) atoms. The third-order valence-corrected chi connectivity index (χ3v) is 4.70. The molecule has 1 unspecified atom stereocenters. The van der Waals surface area contributed by atoms with Crippen LogP contribution in [0.3, 0.4) is 0 Å². The highest BCUT2D eigenvalue weighted by molar-refractivity contribution is 8.13. The maximum atomic E-state index is 12.3. The quantitative estimate of drug-likeness (QED) is 0.703. The summed E-state index contributed by atoms with van der Waals surface area (Å²) in [7, 11) is 0. The molecule has 0 amide bonds. The van der Waals surface area contributed by atoms with Gasteiger partial charge in [-0.05, 0) is 24.6 Å². The first-order valence-corrected chi connectivity index (χ1v) is 7.99. The van der Waals surface area contributed by atoms with Gasteiger partial charge in [0.2, 0.25) is 0 Å². The fourth-order valence-corrected chi connectivity index (χ4v) is 3.00. The largest absolute Gasteiger partial charge is 0.433 e. The number of thioether (sulfide) groups is 1. The van der Waals surface area contributed by atoms with Crippen molar-refractivity contribution < 1.29 is 18.4 Å². The van der Waals surface area contributed by atoms with Crippen LogP contribution in [0.5, 0.6) is 5.75 Å². The minimum atomic E-state index is -2.90. The molecule has 0 aliphatic carbocycles. The van der Waals surface area contributed by atoms with Gasteiger partial charge >= 0.3 is 6.61 Å². The van der Waals surface area contributed by atoms with Crippen LogP contribution in [0.4, 0.5) is 8.78 Å². The Kier molecular flexibility index (Phi) is 5.57. The number of oxime groups is 1. The number of halogens is 4. The van der Waals surface area contributed by atoms with E-state index in [2.05, 4.69) is 9.89 Å². The molecule has 0 saturated carbocycles.